The SMILES string of the molecule is CC1(OCc2c(-c3c(Cl)cccc3Cl)noc2C2CC2)CC2CCC(C1)C2(O)c1nc2c(F)cc(C(=O)O)cc2s1. The lowest BCUT2D eigenvalue weighted by atomic mass is 9.68. The second-order valence-electron chi connectivity index (χ2n) is 11.8. The van der Waals surface area contributed by atoms with Crippen molar-refractivity contribution in [3.8, 4) is 11.3 Å². The van der Waals surface area contributed by atoms with Gasteiger partial charge in [-0.1, -0.05) is 34.4 Å². The molecule has 2 aromatic heterocycles. The number of fused-ring (bicyclic) bond motifs is 3. The van der Waals surface area contributed by atoms with Crippen molar-refractivity contribution >= 4 is 50.7 Å². The van der Waals surface area contributed by atoms with Crippen LogP contribution in [0, 0.1) is 17.7 Å². The zero-order valence-corrected chi connectivity index (χ0v) is 24.5. The lowest BCUT2D eigenvalue weighted by molar-refractivity contribution is -0.158. The van der Waals surface area contributed by atoms with Crippen molar-refractivity contribution in [3.05, 3.63) is 68.1 Å². The van der Waals surface area contributed by atoms with Crippen LogP contribution in [-0.4, -0.2) is 31.9 Å². The maximum absolute atomic E-state index is 14.7. The lowest BCUT2D eigenvalue weighted by Crippen LogP contribution is -2.49. The van der Waals surface area contributed by atoms with Gasteiger partial charge in [0.05, 0.1) is 32.5 Å². The molecular weight excluding hydrogens is 590 g/mol. The van der Waals surface area contributed by atoms with E-state index >= 15 is 0 Å². The minimum Gasteiger partial charge on any atom is -0.478 e. The molecule has 2 aromatic carbocycles. The number of carboxylic acids is 1. The van der Waals surface area contributed by atoms with Crippen LogP contribution in [0.15, 0.2) is 34.9 Å². The molecule has 2 bridgehead atoms. The smallest absolute Gasteiger partial charge is 0.335 e. The maximum Gasteiger partial charge on any atom is 0.335 e. The summed E-state index contributed by atoms with van der Waals surface area (Å²) in [7, 11) is 0. The normalized spacial score (nSPS) is 27.5. The molecule has 214 valence electrons. The molecule has 4 aromatic rings. The summed E-state index contributed by atoms with van der Waals surface area (Å²) in [6.07, 6.45) is 4.82. The second kappa shape index (κ2) is 9.74. The van der Waals surface area contributed by atoms with Gasteiger partial charge in [0.15, 0.2) is 5.82 Å². The highest BCUT2D eigenvalue weighted by Gasteiger charge is 2.59. The van der Waals surface area contributed by atoms with Crippen molar-refractivity contribution in [1.29, 1.82) is 0 Å². The summed E-state index contributed by atoms with van der Waals surface area (Å²) in [6.45, 7) is 2.34. The fourth-order valence-electron chi connectivity index (χ4n) is 6.86. The van der Waals surface area contributed by atoms with Gasteiger partial charge >= 0.3 is 5.97 Å². The van der Waals surface area contributed by atoms with E-state index in [-0.39, 0.29) is 29.5 Å². The number of carboxylic acid groups (broad SMARTS) is 1. The van der Waals surface area contributed by atoms with E-state index in [1.165, 1.54) is 17.4 Å². The van der Waals surface area contributed by atoms with Crippen LogP contribution in [0.1, 0.15) is 78.1 Å². The molecule has 0 saturated heterocycles. The van der Waals surface area contributed by atoms with Gasteiger partial charge in [-0.15, -0.1) is 11.3 Å². The quantitative estimate of drug-likeness (QED) is 0.217. The Hall–Kier alpha value is -2.56. The standard InChI is InChI=1S/C30H27Cl2FN2O5S/c1-29(39-13-18-24(35-40-26(18)14-5-6-14)23-19(31)3-2-4-20(23)32)11-16-7-8-17(12-29)30(16,38)28-34-25-21(33)9-15(27(36)37)10-22(25)41-28/h2-4,9-10,14,16-17,38H,5-8,11-13H2,1H3,(H,36,37). The molecular formula is C30H27Cl2FN2O5S. The van der Waals surface area contributed by atoms with E-state index in [2.05, 4.69) is 17.1 Å². The number of aliphatic hydroxyl groups is 1. The molecule has 11 heteroatoms. The van der Waals surface area contributed by atoms with Crippen LogP contribution in [0.4, 0.5) is 4.39 Å². The summed E-state index contributed by atoms with van der Waals surface area (Å²) in [5, 5.41) is 27.2. The average Bonchev–Trinajstić information content (AvgIpc) is 3.48. The highest BCUT2D eigenvalue weighted by atomic mass is 35.5. The number of thiazole rings is 1. The summed E-state index contributed by atoms with van der Waals surface area (Å²) in [4.78, 5) is 15.9. The number of aromatic nitrogens is 2. The molecule has 3 fully saturated rings. The van der Waals surface area contributed by atoms with Gasteiger partial charge in [0.1, 0.15) is 27.6 Å². The van der Waals surface area contributed by atoms with Crippen LogP contribution in [-0.2, 0) is 16.9 Å². The van der Waals surface area contributed by atoms with E-state index in [1.807, 2.05) is 0 Å². The zero-order valence-electron chi connectivity index (χ0n) is 22.1. The summed E-state index contributed by atoms with van der Waals surface area (Å²) in [5.74, 6) is -1.07. The van der Waals surface area contributed by atoms with Crippen LogP contribution >= 0.6 is 34.5 Å². The highest BCUT2D eigenvalue weighted by molar-refractivity contribution is 7.18. The van der Waals surface area contributed by atoms with Gasteiger partial charge in [-0.25, -0.2) is 14.2 Å². The molecule has 2 N–H and O–H groups in total. The average molecular weight is 618 g/mol. The van der Waals surface area contributed by atoms with Crippen LogP contribution < -0.4 is 0 Å². The minimum atomic E-state index is -1.23. The van der Waals surface area contributed by atoms with E-state index in [4.69, 9.17) is 32.5 Å². The zero-order chi connectivity index (χ0) is 28.7. The third-order valence-electron chi connectivity index (χ3n) is 9.03. The van der Waals surface area contributed by atoms with E-state index in [0.717, 1.165) is 43.1 Å². The number of ether oxygens (including phenoxy) is 1. The van der Waals surface area contributed by atoms with E-state index in [9.17, 15) is 19.4 Å². The molecule has 3 aliphatic rings. The van der Waals surface area contributed by atoms with E-state index in [1.54, 1.807) is 18.2 Å². The summed E-state index contributed by atoms with van der Waals surface area (Å²) in [5.41, 5.74) is 0.277. The van der Waals surface area contributed by atoms with Crippen LogP contribution in [0.2, 0.25) is 10.0 Å². The summed E-state index contributed by atoms with van der Waals surface area (Å²) >= 11 is 14.2. The van der Waals surface area contributed by atoms with Gasteiger partial charge in [0.25, 0.3) is 0 Å². The summed E-state index contributed by atoms with van der Waals surface area (Å²) in [6, 6.07) is 7.73. The molecule has 2 unspecified atom stereocenters. The minimum absolute atomic E-state index is 0.0956. The molecule has 3 aliphatic carbocycles. The Morgan fingerprint density at radius 2 is 1.85 bits per heavy atom. The predicted octanol–water partition coefficient (Wildman–Crippen LogP) is 7.96. The molecule has 0 spiro atoms. The second-order valence-corrected chi connectivity index (χ2v) is 13.7. The first kappa shape index (κ1) is 27.3. The Bertz CT molecular complexity index is 1670. The topological polar surface area (TPSA) is 106 Å². The molecule has 0 amide bonds. The predicted molar refractivity (Wildman–Crippen MR) is 153 cm³/mol. The fraction of sp³-hybridized carbons (Fsp3) is 0.433. The third-order valence-corrected chi connectivity index (χ3v) is 10.8. The Kier molecular flexibility index (Phi) is 6.48. The van der Waals surface area contributed by atoms with Crippen molar-refractivity contribution < 1.29 is 28.7 Å². The first-order chi connectivity index (χ1) is 19.6. The first-order valence-electron chi connectivity index (χ1n) is 13.7. The third kappa shape index (κ3) is 4.48. The number of rotatable bonds is 7. The Morgan fingerprint density at radius 3 is 2.49 bits per heavy atom. The van der Waals surface area contributed by atoms with Gasteiger partial charge in [-0.3, -0.25) is 0 Å². The molecule has 3 saturated carbocycles. The number of benzene rings is 2. The molecule has 2 heterocycles. The highest BCUT2D eigenvalue weighted by Crippen LogP contribution is 2.59. The fourth-order valence-corrected chi connectivity index (χ4v) is 8.71. The van der Waals surface area contributed by atoms with Gasteiger partial charge in [-0.2, -0.15) is 0 Å². The van der Waals surface area contributed by atoms with Crippen molar-refractivity contribution in [2.24, 2.45) is 11.8 Å². The number of hydrogen-bond acceptors (Lipinski definition) is 7. The molecule has 0 radical (unpaired) electrons. The molecule has 2 atom stereocenters. The van der Waals surface area contributed by atoms with Gasteiger partial charge < -0.3 is 19.5 Å². The number of halogens is 3. The molecule has 41 heavy (non-hydrogen) atoms. The Labute approximate surface area is 249 Å². The van der Waals surface area contributed by atoms with Gasteiger partial charge in [-0.05, 0) is 81.5 Å². The van der Waals surface area contributed by atoms with Crippen LogP contribution in [0.3, 0.4) is 0 Å². The van der Waals surface area contributed by atoms with Crippen LogP contribution in [0.25, 0.3) is 21.5 Å². The Balaban J connectivity index is 1.16. The maximum atomic E-state index is 14.7. The largest absolute Gasteiger partial charge is 0.478 e. The number of nitrogens with zero attached hydrogens (tertiary/aromatic N) is 2. The molecule has 0 aliphatic heterocycles. The number of hydrogen-bond donors (Lipinski definition) is 2. The van der Waals surface area contributed by atoms with Crippen molar-refractivity contribution in [2.45, 2.75) is 69.2 Å². The van der Waals surface area contributed by atoms with Crippen molar-refractivity contribution in [1.82, 2.24) is 10.1 Å². The number of aromatic carboxylic acids is 1. The Morgan fingerprint density at radius 1 is 1.17 bits per heavy atom. The van der Waals surface area contributed by atoms with Gasteiger partial charge in [0, 0.05) is 17.0 Å². The molecule has 7 rings (SSSR count). The van der Waals surface area contributed by atoms with Crippen molar-refractivity contribution in [3.63, 3.8) is 0 Å². The van der Waals surface area contributed by atoms with Crippen molar-refractivity contribution in [2.75, 3.05) is 0 Å². The van der Waals surface area contributed by atoms with Gasteiger partial charge in [0.2, 0.25) is 0 Å². The number of carbonyl (C=O) groups is 1. The molecule has 7 nitrogen and oxygen atoms in total. The summed E-state index contributed by atoms with van der Waals surface area (Å²) < 4.78 is 27.6. The van der Waals surface area contributed by atoms with E-state index < -0.39 is 23.0 Å². The monoisotopic (exact) mass is 616 g/mol. The van der Waals surface area contributed by atoms with E-state index in [0.29, 0.717) is 49.8 Å². The first-order valence-corrected chi connectivity index (χ1v) is 15.3. The lowest BCUT2D eigenvalue weighted by Gasteiger charge is -2.46. The van der Waals surface area contributed by atoms with Crippen LogP contribution in [0.5, 0.6) is 0 Å².